The van der Waals surface area contributed by atoms with Crippen LogP contribution in [0.15, 0.2) is 30.5 Å². The van der Waals surface area contributed by atoms with Gasteiger partial charge in [0, 0.05) is 20.1 Å². The molecule has 0 amide bonds. The lowest BCUT2D eigenvalue weighted by Gasteiger charge is -2.36. The van der Waals surface area contributed by atoms with Crippen LogP contribution in [0.2, 0.25) is 0 Å². The largest absolute Gasteiger partial charge is 0.371 e. The zero-order valence-corrected chi connectivity index (χ0v) is 11.0. The molecule has 3 N–H and O–H groups in total. The molecule has 0 fully saturated rings. The van der Waals surface area contributed by atoms with Gasteiger partial charge in [0.25, 0.3) is 0 Å². The van der Waals surface area contributed by atoms with Crippen LogP contribution in [0.25, 0.3) is 0 Å². The zero-order valence-electron chi connectivity index (χ0n) is 11.0. The number of para-hydroxylation sites is 2. The monoisotopic (exact) mass is 274 g/mol. The van der Waals surface area contributed by atoms with E-state index in [0.717, 1.165) is 24.1 Å². The van der Waals surface area contributed by atoms with Crippen molar-refractivity contribution in [3.8, 4) is 0 Å². The number of hydrogen-bond acceptors (Lipinski definition) is 6. The van der Waals surface area contributed by atoms with E-state index in [2.05, 4.69) is 20.3 Å². The van der Waals surface area contributed by atoms with E-state index < -0.39 is 5.82 Å². The van der Waals surface area contributed by atoms with Gasteiger partial charge >= 0.3 is 0 Å². The van der Waals surface area contributed by atoms with Crippen molar-refractivity contribution in [2.24, 2.45) is 5.84 Å². The Hall–Kier alpha value is -2.41. The van der Waals surface area contributed by atoms with E-state index in [0.29, 0.717) is 6.54 Å². The SMILES string of the molecule is CN1CCN(c2nc(NN)ncc2F)c2ccccc21. The van der Waals surface area contributed by atoms with Gasteiger partial charge < -0.3 is 9.80 Å². The van der Waals surface area contributed by atoms with Crippen LogP contribution in [0, 0.1) is 5.82 Å². The van der Waals surface area contributed by atoms with Gasteiger partial charge in [0.05, 0.1) is 17.6 Å². The van der Waals surface area contributed by atoms with Crippen molar-refractivity contribution in [2.45, 2.75) is 0 Å². The van der Waals surface area contributed by atoms with Gasteiger partial charge in [0.15, 0.2) is 11.6 Å². The van der Waals surface area contributed by atoms with Crippen molar-refractivity contribution >= 4 is 23.1 Å². The number of rotatable bonds is 2. The summed E-state index contributed by atoms with van der Waals surface area (Å²) in [5.41, 5.74) is 4.30. The molecule has 0 saturated carbocycles. The summed E-state index contributed by atoms with van der Waals surface area (Å²) in [6.45, 7) is 1.43. The first kappa shape index (κ1) is 12.6. The number of nitrogens with two attached hydrogens (primary N) is 1. The third-order valence-corrected chi connectivity index (χ3v) is 3.35. The van der Waals surface area contributed by atoms with E-state index in [-0.39, 0.29) is 11.8 Å². The molecular weight excluding hydrogens is 259 g/mol. The molecule has 0 bridgehead atoms. The molecule has 104 valence electrons. The summed E-state index contributed by atoms with van der Waals surface area (Å²) in [4.78, 5) is 11.9. The van der Waals surface area contributed by atoms with Crippen LogP contribution in [0.3, 0.4) is 0 Å². The van der Waals surface area contributed by atoms with Crippen molar-refractivity contribution in [1.29, 1.82) is 0 Å². The molecule has 0 aliphatic carbocycles. The first-order valence-corrected chi connectivity index (χ1v) is 6.27. The van der Waals surface area contributed by atoms with E-state index in [1.165, 1.54) is 0 Å². The zero-order chi connectivity index (χ0) is 14.1. The average Bonchev–Trinajstić information content (AvgIpc) is 2.49. The molecule has 6 nitrogen and oxygen atoms in total. The summed E-state index contributed by atoms with van der Waals surface area (Å²) in [5.74, 6) is 5.24. The maximum Gasteiger partial charge on any atom is 0.239 e. The highest BCUT2D eigenvalue weighted by Crippen LogP contribution is 2.36. The van der Waals surface area contributed by atoms with Gasteiger partial charge in [0.2, 0.25) is 5.95 Å². The number of nitrogens with one attached hydrogen (secondary N) is 1. The Bertz CT molecular complexity index is 632. The number of halogens is 1. The Morgan fingerprint density at radius 3 is 2.75 bits per heavy atom. The number of anilines is 4. The van der Waals surface area contributed by atoms with Crippen molar-refractivity contribution in [3.63, 3.8) is 0 Å². The van der Waals surface area contributed by atoms with E-state index in [4.69, 9.17) is 5.84 Å². The molecule has 1 aliphatic rings. The predicted octanol–water partition coefficient (Wildman–Crippen LogP) is 1.49. The van der Waals surface area contributed by atoms with Crippen LogP contribution in [-0.4, -0.2) is 30.1 Å². The van der Waals surface area contributed by atoms with Crippen molar-refractivity contribution < 1.29 is 4.39 Å². The summed E-state index contributed by atoms with van der Waals surface area (Å²) in [7, 11) is 2.01. The molecular formula is C13H15FN6. The highest BCUT2D eigenvalue weighted by atomic mass is 19.1. The van der Waals surface area contributed by atoms with Gasteiger partial charge in [-0.15, -0.1) is 0 Å². The Balaban J connectivity index is 2.10. The van der Waals surface area contributed by atoms with E-state index in [1.54, 1.807) is 0 Å². The van der Waals surface area contributed by atoms with Crippen LogP contribution >= 0.6 is 0 Å². The van der Waals surface area contributed by atoms with E-state index in [1.807, 2.05) is 36.2 Å². The third-order valence-electron chi connectivity index (χ3n) is 3.35. The molecule has 1 aromatic carbocycles. The molecule has 7 heteroatoms. The maximum absolute atomic E-state index is 14.0. The highest BCUT2D eigenvalue weighted by Gasteiger charge is 2.24. The molecule has 0 radical (unpaired) electrons. The number of aromatic nitrogens is 2. The number of hydrazine groups is 1. The molecule has 0 spiro atoms. The summed E-state index contributed by atoms with van der Waals surface area (Å²) >= 11 is 0. The maximum atomic E-state index is 14.0. The van der Waals surface area contributed by atoms with Crippen molar-refractivity contribution in [1.82, 2.24) is 9.97 Å². The van der Waals surface area contributed by atoms with Gasteiger partial charge in [-0.05, 0) is 12.1 Å². The van der Waals surface area contributed by atoms with Gasteiger partial charge in [0.1, 0.15) is 0 Å². The van der Waals surface area contributed by atoms with Crippen molar-refractivity contribution in [3.05, 3.63) is 36.3 Å². The molecule has 1 aliphatic heterocycles. The third kappa shape index (κ3) is 2.01. The Morgan fingerprint density at radius 1 is 1.25 bits per heavy atom. The number of fused-ring (bicyclic) bond motifs is 1. The number of hydrogen-bond donors (Lipinski definition) is 2. The molecule has 0 atom stereocenters. The fourth-order valence-corrected chi connectivity index (χ4v) is 2.34. The molecule has 2 aromatic rings. The molecule has 0 saturated heterocycles. The fraction of sp³-hybridized carbons (Fsp3) is 0.231. The second-order valence-corrected chi connectivity index (χ2v) is 4.57. The fourth-order valence-electron chi connectivity index (χ4n) is 2.34. The molecule has 3 rings (SSSR count). The minimum Gasteiger partial charge on any atom is -0.371 e. The first-order valence-electron chi connectivity index (χ1n) is 6.27. The average molecular weight is 274 g/mol. The van der Waals surface area contributed by atoms with Crippen LogP contribution in [0.4, 0.5) is 27.5 Å². The lowest BCUT2D eigenvalue weighted by Crippen LogP contribution is -2.37. The number of nitrogen functional groups attached to an aromatic ring is 1. The van der Waals surface area contributed by atoms with E-state index in [9.17, 15) is 4.39 Å². The minimum atomic E-state index is -0.469. The smallest absolute Gasteiger partial charge is 0.239 e. The molecule has 0 unspecified atom stereocenters. The summed E-state index contributed by atoms with van der Waals surface area (Å²) in [6.07, 6.45) is 1.12. The van der Waals surface area contributed by atoms with Crippen LogP contribution in [0.5, 0.6) is 0 Å². The van der Waals surface area contributed by atoms with Gasteiger partial charge in [-0.1, -0.05) is 12.1 Å². The normalized spacial score (nSPS) is 14.2. The van der Waals surface area contributed by atoms with Gasteiger partial charge in [-0.2, -0.15) is 4.98 Å². The number of likely N-dealkylation sites (N-methyl/N-ethyl adjacent to an activating group) is 1. The number of nitrogens with zero attached hydrogens (tertiary/aromatic N) is 4. The summed E-state index contributed by atoms with van der Waals surface area (Å²) in [5, 5.41) is 0. The molecule has 1 aromatic heterocycles. The number of benzene rings is 1. The van der Waals surface area contributed by atoms with Crippen LogP contribution < -0.4 is 21.1 Å². The second-order valence-electron chi connectivity index (χ2n) is 4.57. The summed E-state index contributed by atoms with van der Waals surface area (Å²) < 4.78 is 14.0. The topological polar surface area (TPSA) is 70.3 Å². The Morgan fingerprint density at radius 2 is 2.00 bits per heavy atom. The van der Waals surface area contributed by atoms with Crippen molar-refractivity contribution in [2.75, 3.05) is 35.4 Å². The quantitative estimate of drug-likeness (QED) is 0.638. The lowest BCUT2D eigenvalue weighted by atomic mass is 10.1. The standard InChI is InChI=1S/C13H15FN6/c1-19-6-7-20(11-5-3-2-4-10(11)19)12-9(14)8-16-13(17-12)18-15/h2-5,8H,6-7,15H2,1H3,(H,16,17,18). The highest BCUT2D eigenvalue weighted by molar-refractivity contribution is 5.78. The first-order chi connectivity index (χ1) is 9.70. The second kappa shape index (κ2) is 4.93. The van der Waals surface area contributed by atoms with Crippen LogP contribution in [0.1, 0.15) is 0 Å². The summed E-state index contributed by atoms with van der Waals surface area (Å²) in [6, 6.07) is 7.83. The lowest BCUT2D eigenvalue weighted by molar-refractivity contribution is 0.609. The van der Waals surface area contributed by atoms with Gasteiger partial charge in [-0.25, -0.2) is 15.2 Å². The molecule has 20 heavy (non-hydrogen) atoms. The van der Waals surface area contributed by atoms with E-state index >= 15 is 0 Å². The Labute approximate surface area is 116 Å². The predicted molar refractivity (Wildman–Crippen MR) is 76.5 cm³/mol. The molecule has 2 heterocycles. The minimum absolute atomic E-state index is 0.192. The van der Waals surface area contributed by atoms with Crippen LogP contribution in [-0.2, 0) is 0 Å². The van der Waals surface area contributed by atoms with Gasteiger partial charge in [-0.3, -0.25) is 5.43 Å². The Kier molecular flexibility index (Phi) is 3.11.